The van der Waals surface area contributed by atoms with E-state index in [1.807, 2.05) is 0 Å². The molecule has 1 heterocycles. The van der Waals surface area contributed by atoms with Crippen LogP contribution in [0, 0.1) is 6.92 Å². The molecule has 1 aromatic heterocycles. The number of aliphatic hydroxyl groups is 1. The van der Waals surface area contributed by atoms with Crippen LogP contribution < -0.4 is 0 Å². The molecule has 70 valence electrons. The molecule has 0 fully saturated rings. The summed E-state index contributed by atoms with van der Waals surface area (Å²) in [6.07, 6.45) is 1.89. The highest BCUT2D eigenvalue weighted by Crippen LogP contribution is 2.16. The number of aliphatic hydroxyl groups excluding tert-OH is 1. The van der Waals surface area contributed by atoms with Gasteiger partial charge in [0.05, 0.1) is 7.11 Å². The van der Waals surface area contributed by atoms with Crippen LogP contribution in [0.5, 0.6) is 0 Å². The maximum absolute atomic E-state index is 11.0. The number of rotatable bonds is 2. The lowest BCUT2D eigenvalue weighted by Crippen LogP contribution is -2.14. The number of aromatic nitrogens is 1. The van der Waals surface area contributed by atoms with E-state index < -0.39 is 12.1 Å². The van der Waals surface area contributed by atoms with Crippen molar-refractivity contribution >= 4 is 5.97 Å². The van der Waals surface area contributed by atoms with Crippen LogP contribution in [0.25, 0.3) is 0 Å². The van der Waals surface area contributed by atoms with Crippen molar-refractivity contribution in [2.75, 3.05) is 7.11 Å². The molecule has 1 unspecified atom stereocenters. The van der Waals surface area contributed by atoms with Gasteiger partial charge in [-0.3, -0.25) is 4.98 Å². The maximum Gasteiger partial charge on any atom is 0.339 e. The molecule has 0 aliphatic rings. The number of methoxy groups -OCH3 is 1. The first kappa shape index (κ1) is 9.67. The Morgan fingerprint density at radius 2 is 2.38 bits per heavy atom. The van der Waals surface area contributed by atoms with Gasteiger partial charge in [0.1, 0.15) is 0 Å². The lowest BCUT2D eigenvalue weighted by Gasteiger charge is -2.10. The molecule has 4 heteroatoms. The Morgan fingerprint density at radius 1 is 1.69 bits per heavy atom. The van der Waals surface area contributed by atoms with Crippen molar-refractivity contribution in [1.29, 1.82) is 0 Å². The zero-order chi connectivity index (χ0) is 9.84. The highest BCUT2D eigenvalue weighted by atomic mass is 16.5. The van der Waals surface area contributed by atoms with Crippen molar-refractivity contribution < 1.29 is 14.6 Å². The summed E-state index contributed by atoms with van der Waals surface area (Å²) in [7, 11) is 1.24. The van der Waals surface area contributed by atoms with E-state index in [1.54, 1.807) is 19.2 Å². The van der Waals surface area contributed by atoms with Crippen molar-refractivity contribution in [2.24, 2.45) is 0 Å². The molecule has 0 aliphatic heterocycles. The van der Waals surface area contributed by atoms with Crippen LogP contribution in [0.3, 0.4) is 0 Å². The van der Waals surface area contributed by atoms with Crippen LogP contribution in [-0.2, 0) is 9.53 Å². The first-order valence-corrected chi connectivity index (χ1v) is 3.83. The highest BCUT2D eigenvalue weighted by molar-refractivity contribution is 5.76. The normalized spacial score (nSPS) is 12.2. The van der Waals surface area contributed by atoms with Crippen LogP contribution >= 0.6 is 0 Å². The van der Waals surface area contributed by atoms with Crippen molar-refractivity contribution in [3.05, 3.63) is 29.6 Å². The minimum absolute atomic E-state index is 0.529. The molecule has 0 saturated carbocycles. The molecule has 1 rings (SSSR count). The molecule has 0 radical (unpaired) electrons. The third-order valence-corrected chi connectivity index (χ3v) is 1.78. The Labute approximate surface area is 76.2 Å². The van der Waals surface area contributed by atoms with Gasteiger partial charge in [-0.05, 0) is 24.1 Å². The first-order chi connectivity index (χ1) is 6.16. The number of hydrogen-bond donors (Lipinski definition) is 1. The maximum atomic E-state index is 11.0. The molecule has 0 bridgehead atoms. The number of nitrogens with zero attached hydrogens (tertiary/aromatic N) is 1. The quantitative estimate of drug-likeness (QED) is 0.678. The predicted octanol–water partition coefficient (Wildman–Crippen LogP) is 0.596. The van der Waals surface area contributed by atoms with Gasteiger partial charge in [-0.1, -0.05) is 0 Å². The van der Waals surface area contributed by atoms with E-state index in [1.165, 1.54) is 13.3 Å². The predicted molar refractivity (Wildman–Crippen MR) is 45.9 cm³/mol. The van der Waals surface area contributed by atoms with Gasteiger partial charge in [0.25, 0.3) is 0 Å². The third-order valence-electron chi connectivity index (χ3n) is 1.78. The van der Waals surface area contributed by atoms with Gasteiger partial charge in [0.2, 0.25) is 0 Å². The number of aryl methyl sites for hydroxylation is 1. The lowest BCUT2D eigenvalue weighted by atomic mass is 10.1. The minimum Gasteiger partial charge on any atom is -0.467 e. The molecule has 0 amide bonds. The van der Waals surface area contributed by atoms with Gasteiger partial charge >= 0.3 is 5.97 Å². The van der Waals surface area contributed by atoms with Gasteiger partial charge in [0.15, 0.2) is 6.10 Å². The fourth-order valence-corrected chi connectivity index (χ4v) is 1.03. The Balaban J connectivity index is 2.95. The number of ether oxygens (including phenoxy) is 1. The fraction of sp³-hybridized carbons (Fsp3) is 0.333. The molecular formula is C9H11NO3. The smallest absolute Gasteiger partial charge is 0.339 e. The van der Waals surface area contributed by atoms with E-state index in [2.05, 4.69) is 9.72 Å². The number of esters is 1. The highest BCUT2D eigenvalue weighted by Gasteiger charge is 2.19. The van der Waals surface area contributed by atoms with Crippen molar-refractivity contribution in [3.63, 3.8) is 0 Å². The molecule has 0 saturated heterocycles. The summed E-state index contributed by atoms with van der Waals surface area (Å²) in [6, 6.07) is 1.59. The van der Waals surface area contributed by atoms with Gasteiger partial charge in [0, 0.05) is 12.4 Å². The zero-order valence-corrected chi connectivity index (χ0v) is 7.52. The van der Waals surface area contributed by atoms with E-state index in [-0.39, 0.29) is 0 Å². The second-order valence-electron chi connectivity index (χ2n) is 2.66. The van der Waals surface area contributed by atoms with Gasteiger partial charge in [-0.2, -0.15) is 0 Å². The summed E-state index contributed by atoms with van der Waals surface area (Å²) in [5, 5.41) is 9.47. The molecule has 13 heavy (non-hydrogen) atoms. The summed E-state index contributed by atoms with van der Waals surface area (Å²) in [6.45, 7) is 1.77. The van der Waals surface area contributed by atoms with E-state index in [0.29, 0.717) is 5.56 Å². The molecule has 4 nitrogen and oxygen atoms in total. The minimum atomic E-state index is -1.21. The topological polar surface area (TPSA) is 59.4 Å². The summed E-state index contributed by atoms with van der Waals surface area (Å²) < 4.78 is 4.41. The second kappa shape index (κ2) is 4.00. The first-order valence-electron chi connectivity index (χ1n) is 3.83. The van der Waals surface area contributed by atoms with Crippen LogP contribution in [0.4, 0.5) is 0 Å². The second-order valence-corrected chi connectivity index (χ2v) is 2.66. The summed E-state index contributed by atoms with van der Waals surface area (Å²) in [5.41, 5.74) is 1.29. The monoisotopic (exact) mass is 181 g/mol. The third kappa shape index (κ3) is 2.03. The molecule has 0 aromatic carbocycles. The van der Waals surface area contributed by atoms with E-state index in [9.17, 15) is 9.90 Å². The van der Waals surface area contributed by atoms with E-state index >= 15 is 0 Å². The Hall–Kier alpha value is -1.42. The number of carbonyl (C=O) groups is 1. The largest absolute Gasteiger partial charge is 0.467 e. The lowest BCUT2D eigenvalue weighted by molar-refractivity contribution is -0.150. The van der Waals surface area contributed by atoms with Gasteiger partial charge in [-0.15, -0.1) is 0 Å². The fourth-order valence-electron chi connectivity index (χ4n) is 1.03. The number of hydrogen-bond acceptors (Lipinski definition) is 4. The SMILES string of the molecule is COC(=O)C(O)c1ccncc1C. The molecular weight excluding hydrogens is 170 g/mol. The zero-order valence-electron chi connectivity index (χ0n) is 7.52. The molecule has 1 N–H and O–H groups in total. The van der Waals surface area contributed by atoms with Crippen LogP contribution in [0.15, 0.2) is 18.5 Å². The van der Waals surface area contributed by atoms with E-state index in [4.69, 9.17) is 0 Å². The average Bonchev–Trinajstić information content (AvgIpc) is 2.16. The molecule has 1 atom stereocenters. The van der Waals surface area contributed by atoms with E-state index in [0.717, 1.165) is 5.56 Å². The standard InChI is InChI=1S/C9H11NO3/c1-6-5-10-4-3-7(6)8(11)9(12)13-2/h3-5,8,11H,1-2H3. The Kier molecular flexibility index (Phi) is 2.97. The van der Waals surface area contributed by atoms with Crippen molar-refractivity contribution in [2.45, 2.75) is 13.0 Å². The number of carbonyl (C=O) groups excluding carboxylic acids is 1. The number of pyridine rings is 1. The van der Waals surface area contributed by atoms with Crippen molar-refractivity contribution in [1.82, 2.24) is 4.98 Å². The summed E-state index contributed by atoms with van der Waals surface area (Å²) in [5.74, 6) is -0.658. The molecule has 0 aliphatic carbocycles. The Morgan fingerprint density at radius 3 is 2.92 bits per heavy atom. The van der Waals surface area contributed by atoms with Crippen molar-refractivity contribution in [3.8, 4) is 0 Å². The van der Waals surface area contributed by atoms with Gasteiger partial charge in [-0.25, -0.2) is 4.79 Å². The summed E-state index contributed by atoms with van der Waals surface area (Å²) >= 11 is 0. The molecule has 0 spiro atoms. The summed E-state index contributed by atoms with van der Waals surface area (Å²) in [4.78, 5) is 14.8. The van der Waals surface area contributed by atoms with Gasteiger partial charge < -0.3 is 9.84 Å². The van der Waals surface area contributed by atoms with Crippen LogP contribution in [-0.4, -0.2) is 23.2 Å². The Bertz CT molecular complexity index is 311. The van der Waals surface area contributed by atoms with Crippen LogP contribution in [0.1, 0.15) is 17.2 Å². The average molecular weight is 181 g/mol. The van der Waals surface area contributed by atoms with Crippen LogP contribution in [0.2, 0.25) is 0 Å². The molecule has 1 aromatic rings.